The molecule has 0 spiro atoms. The molecule has 2 amide bonds. The van der Waals surface area contributed by atoms with Crippen LogP contribution in [0.5, 0.6) is 5.75 Å². The first-order valence-corrected chi connectivity index (χ1v) is 7.19. The molecule has 2 aliphatic heterocycles. The maximum Gasteiger partial charge on any atom is 0.319 e. The lowest BCUT2D eigenvalue weighted by Crippen LogP contribution is -2.46. The molecule has 1 aromatic carbocycles. The topological polar surface area (TPSA) is 78.1 Å². The van der Waals surface area contributed by atoms with Crippen molar-refractivity contribution in [1.29, 1.82) is 0 Å². The van der Waals surface area contributed by atoms with E-state index >= 15 is 0 Å². The fourth-order valence-corrected chi connectivity index (χ4v) is 2.80. The molecule has 7 nitrogen and oxygen atoms in total. The first kappa shape index (κ1) is 15.1. The van der Waals surface area contributed by atoms with Gasteiger partial charge >= 0.3 is 6.03 Å². The number of fused-ring (bicyclic) bond motifs is 1. The summed E-state index contributed by atoms with van der Waals surface area (Å²) in [6.45, 7) is 0.912. The van der Waals surface area contributed by atoms with Crippen molar-refractivity contribution in [3.8, 4) is 5.75 Å². The highest BCUT2D eigenvalue weighted by Crippen LogP contribution is 2.28. The molecule has 0 radical (unpaired) electrons. The highest BCUT2D eigenvalue weighted by atomic mass is 16.6. The molecular weight excluding hydrogens is 288 g/mol. The Kier molecular flexibility index (Phi) is 4.47. The van der Waals surface area contributed by atoms with Crippen molar-refractivity contribution in [3.05, 3.63) is 24.3 Å². The second kappa shape index (κ2) is 6.51. The molecule has 4 atom stereocenters. The number of ether oxygens (including phenoxy) is 4. The summed E-state index contributed by atoms with van der Waals surface area (Å²) in [5.41, 5.74) is 0.691. The van der Waals surface area contributed by atoms with E-state index in [9.17, 15) is 4.79 Å². The monoisotopic (exact) mass is 308 g/mol. The Morgan fingerprint density at radius 1 is 1.14 bits per heavy atom. The molecule has 2 aliphatic rings. The van der Waals surface area contributed by atoms with E-state index in [-0.39, 0.29) is 30.4 Å². The molecule has 0 saturated carbocycles. The van der Waals surface area contributed by atoms with Gasteiger partial charge < -0.3 is 29.6 Å². The van der Waals surface area contributed by atoms with Gasteiger partial charge in [0.15, 0.2) is 0 Å². The Hall–Kier alpha value is -1.83. The third kappa shape index (κ3) is 3.01. The minimum Gasteiger partial charge on any atom is -0.497 e. The number of carbonyl (C=O) groups is 1. The van der Waals surface area contributed by atoms with Crippen LogP contribution in [0.3, 0.4) is 0 Å². The van der Waals surface area contributed by atoms with Crippen molar-refractivity contribution >= 4 is 11.7 Å². The molecule has 0 unspecified atom stereocenters. The normalized spacial score (nSPS) is 29.9. The molecule has 22 heavy (non-hydrogen) atoms. The van der Waals surface area contributed by atoms with E-state index in [1.807, 2.05) is 0 Å². The molecule has 7 heteroatoms. The van der Waals surface area contributed by atoms with Gasteiger partial charge in [0.1, 0.15) is 24.1 Å². The molecule has 0 aliphatic carbocycles. The van der Waals surface area contributed by atoms with Crippen LogP contribution in [0.2, 0.25) is 0 Å². The van der Waals surface area contributed by atoms with Crippen molar-refractivity contribution in [2.24, 2.45) is 0 Å². The maximum absolute atomic E-state index is 12.1. The van der Waals surface area contributed by atoms with Crippen molar-refractivity contribution in [2.45, 2.75) is 24.4 Å². The second-order valence-corrected chi connectivity index (χ2v) is 5.30. The molecule has 2 heterocycles. The highest BCUT2D eigenvalue weighted by molar-refractivity contribution is 5.89. The van der Waals surface area contributed by atoms with Gasteiger partial charge in [0, 0.05) is 12.8 Å². The van der Waals surface area contributed by atoms with Gasteiger partial charge in [0.05, 0.1) is 26.4 Å². The predicted molar refractivity (Wildman–Crippen MR) is 79.2 cm³/mol. The number of benzene rings is 1. The van der Waals surface area contributed by atoms with Crippen LogP contribution in [-0.4, -0.2) is 57.8 Å². The standard InChI is InChI=1S/C15H20N2O5/c1-19-10-5-3-9(4-6-10)16-15(18)17-11-7-21-14-12(20-2)8-22-13(11)14/h3-6,11-14H,7-8H2,1-2H3,(H2,16,17,18)/t11-,12-,13-,14+/m1/s1. The average molecular weight is 308 g/mol. The van der Waals surface area contributed by atoms with Crippen LogP contribution < -0.4 is 15.4 Å². The summed E-state index contributed by atoms with van der Waals surface area (Å²) in [6, 6.07) is 6.66. The van der Waals surface area contributed by atoms with Gasteiger partial charge in [-0.1, -0.05) is 0 Å². The van der Waals surface area contributed by atoms with Gasteiger partial charge in [-0.05, 0) is 24.3 Å². The quantitative estimate of drug-likeness (QED) is 0.867. The van der Waals surface area contributed by atoms with Crippen LogP contribution >= 0.6 is 0 Å². The van der Waals surface area contributed by atoms with E-state index < -0.39 is 0 Å². The third-order valence-corrected chi connectivity index (χ3v) is 3.98. The summed E-state index contributed by atoms with van der Waals surface area (Å²) in [7, 11) is 3.23. The van der Waals surface area contributed by atoms with Crippen LogP contribution in [0.4, 0.5) is 10.5 Å². The zero-order valence-corrected chi connectivity index (χ0v) is 12.6. The van der Waals surface area contributed by atoms with E-state index in [1.165, 1.54) is 0 Å². The van der Waals surface area contributed by atoms with E-state index in [0.717, 1.165) is 5.75 Å². The Morgan fingerprint density at radius 3 is 2.55 bits per heavy atom. The van der Waals surface area contributed by atoms with Crippen molar-refractivity contribution in [3.63, 3.8) is 0 Å². The van der Waals surface area contributed by atoms with Gasteiger partial charge in [-0.2, -0.15) is 0 Å². The minimum atomic E-state index is -0.288. The number of amides is 2. The first-order valence-electron chi connectivity index (χ1n) is 7.19. The predicted octanol–water partition coefficient (Wildman–Crippen LogP) is 0.998. The van der Waals surface area contributed by atoms with Gasteiger partial charge in [0.25, 0.3) is 0 Å². The lowest BCUT2D eigenvalue weighted by Gasteiger charge is -2.18. The van der Waals surface area contributed by atoms with Crippen LogP contribution in [0.1, 0.15) is 0 Å². The largest absolute Gasteiger partial charge is 0.497 e. The number of hydrogen-bond donors (Lipinski definition) is 2. The Morgan fingerprint density at radius 2 is 1.86 bits per heavy atom. The third-order valence-electron chi connectivity index (χ3n) is 3.98. The number of hydrogen-bond acceptors (Lipinski definition) is 5. The van der Waals surface area contributed by atoms with E-state index in [0.29, 0.717) is 18.9 Å². The van der Waals surface area contributed by atoms with Crippen molar-refractivity contribution in [1.82, 2.24) is 5.32 Å². The lowest BCUT2D eigenvalue weighted by atomic mass is 10.1. The van der Waals surface area contributed by atoms with Gasteiger partial charge in [-0.25, -0.2) is 4.79 Å². The maximum atomic E-state index is 12.1. The summed E-state index contributed by atoms with van der Waals surface area (Å²) in [6.07, 6.45) is -0.343. The van der Waals surface area contributed by atoms with Crippen molar-refractivity contribution < 1.29 is 23.7 Å². The van der Waals surface area contributed by atoms with Crippen LogP contribution in [0, 0.1) is 0 Å². The minimum absolute atomic E-state index is 0.0681. The molecule has 120 valence electrons. The molecule has 0 aromatic heterocycles. The zero-order chi connectivity index (χ0) is 15.5. The van der Waals surface area contributed by atoms with Crippen LogP contribution in [-0.2, 0) is 14.2 Å². The Bertz CT molecular complexity index is 521. The molecular formula is C15H20N2O5. The SMILES string of the molecule is COc1ccc(NC(=O)N[C@@H]2CO[C@@H]3[C@@H]2OC[C@H]3OC)cc1. The highest BCUT2D eigenvalue weighted by Gasteiger charge is 2.48. The second-order valence-electron chi connectivity index (χ2n) is 5.30. The van der Waals surface area contributed by atoms with Crippen LogP contribution in [0.25, 0.3) is 0 Å². The van der Waals surface area contributed by atoms with Crippen LogP contribution in [0.15, 0.2) is 24.3 Å². The summed E-state index contributed by atoms with van der Waals surface area (Å²) in [5.74, 6) is 0.739. The summed E-state index contributed by atoms with van der Waals surface area (Å²) < 4.78 is 21.7. The number of anilines is 1. The number of methoxy groups -OCH3 is 2. The molecule has 1 aromatic rings. The summed E-state index contributed by atoms with van der Waals surface area (Å²) >= 11 is 0. The Labute approximate surface area is 128 Å². The molecule has 2 N–H and O–H groups in total. The molecule has 2 fully saturated rings. The summed E-state index contributed by atoms with van der Waals surface area (Å²) in [4.78, 5) is 12.1. The fourth-order valence-electron chi connectivity index (χ4n) is 2.80. The fraction of sp³-hybridized carbons (Fsp3) is 0.533. The average Bonchev–Trinajstić information content (AvgIpc) is 3.11. The van der Waals surface area contributed by atoms with Gasteiger partial charge in [0.2, 0.25) is 0 Å². The number of rotatable bonds is 4. The molecule has 2 saturated heterocycles. The molecule has 0 bridgehead atoms. The molecule has 3 rings (SSSR count). The number of urea groups is 1. The van der Waals surface area contributed by atoms with Gasteiger partial charge in [-0.15, -0.1) is 0 Å². The van der Waals surface area contributed by atoms with E-state index in [1.54, 1.807) is 38.5 Å². The lowest BCUT2D eigenvalue weighted by molar-refractivity contribution is -0.00805. The Balaban J connectivity index is 1.54. The number of nitrogens with one attached hydrogen (secondary N) is 2. The summed E-state index contributed by atoms with van der Waals surface area (Å²) in [5, 5.41) is 5.66. The number of carbonyl (C=O) groups excluding carboxylic acids is 1. The first-order chi connectivity index (χ1) is 10.7. The van der Waals surface area contributed by atoms with Gasteiger partial charge in [-0.3, -0.25) is 0 Å². The smallest absolute Gasteiger partial charge is 0.319 e. The van der Waals surface area contributed by atoms with E-state index in [2.05, 4.69) is 10.6 Å². The van der Waals surface area contributed by atoms with Crippen molar-refractivity contribution in [2.75, 3.05) is 32.8 Å². The van der Waals surface area contributed by atoms with E-state index in [4.69, 9.17) is 18.9 Å². The zero-order valence-electron chi connectivity index (χ0n) is 12.6.